The van der Waals surface area contributed by atoms with Crippen molar-refractivity contribution < 1.29 is 13.2 Å². The van der Waals surface area contributed by atoms with Gasteiger partial charge in [0.2, 0.25) is 10.0 Å². The van der Waals surface area contributed by atoms with Crippen molar-refractivity contribution in [2.45, 2.75) is 30.3 Å². The van der Waals surface area contributed by atoms with Crippen LogP contribution in [0.2, 0.25) is 0 Å². The number of nitrogens with zero attached hydrogens (tertiary/aromatic N) is 1. The van der Waals surface area contributed by atoms with Crippen LogP contribution in [-0.2, 0) is 16.6 Å². The lowest BCUT2D eigenvalue weighted by Gasteiger charge is -2.19. The minimum Gasteiger partial charge on any atom is -0.337 e. The molecule has 6 heteroatoms. The van der Waals surface area contributed by atoms with E-state index >= 15 is 0 Å². The average Bonchev–Trinajstić information content (AvgIpc) is 3.51. The van der Waals surface area contributed by atoms with E-state index in [4.69, 9.17) is 0 Å². The maximum Gasteiger partial charge on any atom is 0.253 e. The number of nitrogens with one attached hydrogen (secondary N) is 1. The van der Waals surface area contributed by atoms with Gasteiger partial charge >= 0.3 is 0 Å². The number of amides is 1. The number of rotatable bonds is 6. The van der Waals surface area contributed by atoms with Gasteiger partial charge < -0.3 is 4.90 Å². The van der Waals surface area contributed by atoms with Gasteiger partial charge in [-0.1, -0.05) is 48.5 Å². The molecule has 1 saturated carbocycles. The quantitative estimate of drug-likeness (QED) is 0.695. The molecule has 0 bridgehead atoms. The lowest BCUT2D eigenvalue weighted by atomic mass is 10.0. The molecule has 1 amide bonds. The van der Waals surface area contributed by atoms with Gasteiger partial charge in [-0.05, 0) is 47.4 Å². The van der Waals surface area contributed by atoms with Crippen molar-refractivity contribution in [1.29, 1.82) is 0 Å². The van der Waals surface area contributed by atoms with Crippen LogP contribution in [0.4, 0.5) is 0 Å². The standard InChI is InChI=1S/C22H22N2O3S/c1-24(15-18-9-4-7-16-6-2-3-11-21(16)18)22(25)17-8-5-10-20(14-17)28(26,27)23-19-12-13-19/h2-11,14,19,23H,12-13,15H2,1H3. The number of hydrogen-bond donors (Lipinski definition) is 1. The summed E-state index contributed by atoms with van der Waals surface area (Å²) in [6.45, 7) is 0.442. The summed E-state index contributed by atoms with van der Waals surface area (Å²) in [4.78, 5) is 14.7. The summed E-state index contributed by atoms with van der Waals surface area (Å²) in [6.07, 6.45) is 1.73. The van der Waals surface area contributed by atoms with Gasteiger partial charge in [-0.25, -0.2) is 13.1 Å². The second kappa shape index (κ2) is 7.37. The maximum atomic E-state index is 12.9. The van der Waals surface area contributed by atoms with Crippen molar-refractivity contribution in [2.75, 3.05) is 7.05 Å². The summed E-state index contributed by atoms with van der Waals surface area (Å²) < 4.78 is 27.5. The number of fused-ring (bicyclic) bond motifs is 1. The smallest absolute Gasteiger partial charge is 0.253 e. The van der Waals surface area contributed by atoms with Crippen molar-refractivity contribution in [2.24, 2.45) is 0 Å². The molecule has 0 saturated heterocycles. The van der Waals surface area contributed by atoms with Crippen molar-refractivity contribution in [3.05, 3.63) is 77.9 Å². The molecular formula is C22H22N2O3S. The van der Waals surface area contributed by atoms with Crippen LogP contribution in [-0.4, -0.2) is 32.3 Å². The van der Waals surface area contributed by atoms with E-state index in [9.17, 15) is 13.2 Å². The van der Waals surface area contributed by atoms with Crippen molar-refractivity contribution in [3.8, 4) is 0 Å². The normalized spacial score (nSPS) is 14.2. The predicted molar refractivity (Wildman–Crippen MR) is 110 cm³/mol. The van der Waals surface area contributed by atoms with Gasteiger partial charge in [-0.2, -0.15) is 0 Å². The van der Waals surface area contributed by atoms with E-state index < -0.39 is 10.0 Å². The molecule has 28 heavy (non-hydrogen) atoms. The van der Waals surface area contributed by atoms with E-state index in [0.29, 0.717) is 12.1 Å². The second-order valence-corrected chi connectivity index (χ2v) is 8.94. The Bertz CT molecular complexity index is 1130. The van der Waals surface area contributed by atoms with Crippen LogP contribution in [0.15, 0.2) is 71.6 Å². The first-order valence-corrected chi connectivity index (χ1v) is 10.8. The molecule has 5 nitrogen and oxygen atoms in total. The highest BCUT2D eigenvalue weighted by molar-refractivity contribution is 7.89. The van der Waals surface area contributed by atoms with E-state index in [2.05, 4.69) is 4.72 Å². The molecular weight excluding hydrogens is 372 g/mol. The van der Waals surface area contributed by atoms with Crippen molar-refractivity contribution in [3.63, 3.8) is 0 Å². The first-order chi connectivity index (χ1) is 13.4. The second-order valence-electron chi connectivity index (χ2n) is 7.22. The van der Waals surface area contributed by atoms with Crippen LogP contribution >= 0.6 is 0 Å². The fourth-order valence-corrected chi connectivity index (χ4v) is 4.61. The Hall–Kier alpha value is -2.70. The minimum atomic E-state index is -3.59. The monoisotopic (exact) mass is 394 g/mol. The van der Waals surface area contributed by atoms with E-state index in [1.807, 2.05) is 42.5 Å². The zero-order chi connectivity index (χ0) is 19.7. The summed E-state index contributed by atoms with van der Waals surface area (Å²) in [7, 11) is -1.86. The summed E-state index contributed by atoms with van der Waals surface area (Å²) in [5, 5.41) is 2.23. The van der Waals surface area contributed by atoms with Gasteiger partial charge in [-0.15, -0.1) is 0 Å². The highest BCUT2D eigenvalue weighted by Gasteiger charge is 2.28. The predicted octanol–water partition coefficient (Wildman–Crippen LogP) is 3.55. The molecule has 0 radical (unpaired) electrons. The number of benzene rings is 3. The molecule has 4 rings (SSSR count). The Balaban J connectivity index is 1.56. The van der Waals surface area contributed by atoms with Crippen molar-refractivity contribution >= 4 is 26.7 Å². The molecule has 0 atom stereocenters. The number of carbonyl (C=O) groups excluding carboxylic acids is 1. The highest BCUT2D eigenvalue weighted by Crippen LogP contribution is 2.23. The average molecular weight is 394 g/mol. The minimum absolute atomic E-state index is 0.0263. The Morgan fingerprint density at radius 1 is 1.04 bits per heavy atom. The van der Waals surface area contributed by atoms with Crippen LogP contribution in [0.5, 0.6) is 0 Å². The van der Waals surface area contributed by atoms with Gasteiger partial charge in [-0.3, -0.25) is 4.79 Å². The van der Waals surface area contributed by atoms with Crippen LogP contribution in [0.3, 0.4) is 0 Å². The van der Waals surface area contributed by atoms with Gasteiger partial charge in [0, 0.05) is 25.2 Å². The van der Waals surface area contributed by atoms with E-state index in [0.717, 1.165) is 29.2 Å². The van der Waals surface area contributed by atoms with Crippen molar-refractivity contribution in [1.82, 2.24) is 9.62 Å². The van der Waals surface area contributed by atoms with Gasteiger partial charge in [0.05, 0.1) is 4.90 Å². The Morgan fingerprint density at radius 3 is 2.54 bits per heavy atom. The Labute approximate surface area is 165 Å². The molecule has 3 aromatic rings. The van der Waals surface area contributed by atoms with Gasteiger partial charge in [0.25, 0.3) is 5.91 Å². The topological polar surface area (TPSA) is 66.5 Å². The molecule has 3 aromatic carbocycles. The Kier molecular flexibility index (Phi) is 4.91. The first-order valence-electron chi connectivity index (χ1n) is 9.28. The lowest BCUT2D eigenvalue weighted by molar-refractivity contribution is 0.0785. The fourth-order valence-electron chi connectivity index (χ4n) is 3.26. The molecule has 0 aromatic heterocycles. The van der Waals surface area contributed by atoms with Gasteiger partial charge in [0.1, 0.15) is 0 Å². The van der Waals surface area contributed by atoms with Gasteiger partial charge in [0.15, 0.2) is 0 Å². The van der Waals surface area contributed by atoms with Crippen LogP contribution in [0.1, 0.15) is 28.8 Å². The van der Waals surface area contributed by atoms with E-state index in [1.54, 1.807) is 24.1 Å². The lowest BCUT2D eigenvalue weighted by Crippen LogP contribution is -2.28. The molecule has 0 unspecified atom stereocenters. The molecule has 1 fully saturated rings. The molecule has 1 aliphatic rings. The number of hydrogen-bond acceptors (Lipinski definition) is 3. The molecule has 0 aliphatic heterocycles. The number of carbonyl (C=O) groups is 1. The van der Waals surface area contributed by atoms with E-state index in [1.165, 1.54) is 12.1 Å². The largest absolute Gasteiger partial charge is 0.337 e. The summed E-state index contributed by atoms with van der Waals surface area (Å²) >= 11 is 0. The van der Waals surface area contributed by atoms with Crippen LogP contribution < -0.4 is 4.72 Å². The summed E-state index contributed by atoms with van der Waals surface area (Å²) in [5.74, 6) is -0.212. The SMILES string of the molecule is CN(Cc1cccc2ccccc12)C(=O)c1cccc(S(=O)(=O)NC2CC2)c1. The fraction of sp³-hybridized carbons (Fsp3) is 0.227. The molecule has 144 valence electrons. The third-order valence-electron chi connectivity index (χ3n) is 4.92. The van der Waals surface area contributed by atoms with Crippen LogP contribution in [0.25, 0.3) is 10.8 Å². The molecule has 0 heterocycles. The Morgan fingerprint density at radius 2 is 1.75 bits per heavy atom. The summed E-state index contributed by atoms with van der Waals surface area (Å²) in [5.41, 5.74) is 1.41. The maximum absolute atomic E-state index is 12.9. The molecule has 0 spiro atoms. The third kappa shape index (κ3) is 3.93. The number of sulfonamides is 1. The molecule has 1 N–H and O–H groups in total. The molecule has 1 aliphatic carbocycles. The highest BCUT2D eigenvalue weighted by atomic mass is 32.2. The zero-order valence-electron chi connectivity index (χ0n) is 15.6. The third-order valence-corrected chi connectivity index (χ3v) is 6.44. The zero-order valence-corrected chi connectivity index (χ0v) is 16.4. The van der Waals surface area contributed by atoms with E-state index in [-0.39, 0.29) is 16.8 Å². The first kappa shape index (κ1) is 18.7. The van der Waals surface area contributed by atoms with Crippen LogP contribution in [0, 0.1) is 0 Å². The summed E-state index contributed by atoms with van der Waals surface area (Å²) in [6, 6.07) is 20.3.